The Morgan fingerprint density at radius 2 is 1.75 bits per heavy atom. The molecule has 0 unspecified atom stereocenters. The molecule has 1 amide bonds. The summed E-state index contributed by atoms with van der Waals surface area (Å²) in [4.78, 5) is 13.0. The molecular weight excluding hydrogens is 260 g/mol. The zero-order chi connectivity index (χ0) is 15.1. The van der Waals surface area contributed by atoms with E-state index in [1.54, 1.807) is 40.3 Å². The number of benzene rings is 1. The van der Waals surface area contributed by atoms with Crippen molar-refractivity contribution in [3.63, 3.8) is 0 Å². The number of nitrogens with zero attached hydrogens (tertiary/aromatic N) is 1. The van der Waals surface area contributed by atoms with Crippen LogP contribution in [-0.2, 0) is 11.3 Å². The number of methoxy groups -OCH3 is 3. The maximum atomic E-state index is 11.5. The van der Waals surface area contributed by atoms with Crippen LogP contribution in [0.25, 0.3) is 0 Å². The molecule has 1 aromatic rings. The molecular formula is C14H22N2O4. The van der Waals surface area contributed by atoms with Crippen molar-refractivity contribution in [1.82, 2.24) is 10.2 Å². The topological polar surface area (TPSA) is 60.0 Å². The van der Waals surface area contributed by atoms with Crippen LogP contribution in [-0.4, -0.2) is 52.8 Å². The Morgan fingerprint density at radius 1 is 1.10 bits per heavy atom. The molecule has 0 bridgehead atoms. The molecule has 6 nitrogen and oxygen atoms in total. The number of nitrogens with one attached hydrogen (secondary N) is 1. The third-order valence-corrected chi connectivity index (χ3v) is 2.88. The summed E-state index contributed by atoms with van der Waals surface area (Å²) in [5.41, 5.74) is 0.900. The van der Waals surface area contributed by atoms with Crippen LogP contribution in [0.15, 0.2) is 12.1 Å². The average molecular weight is 282 g/mol. The van der Waals surface area contributed by atoms with Crippen LogP contribution >= 0.6 is 0 Å². The highest BCUT2D eigenvalue weighted by Crippen LogP contribution is 2.39. The fourth-order valence-corrected chi connectivity index (χ4v) is 1.76. The molecule has 0 aliphatic heterocycles. The summed E-state index contributed by atoms with van der Waals surface area (Å²) in [5.74, 6) is 1.78. The van der Waals surface area contributed by atoms with Crippen LogP contribution in [0, 0.1) is 0 Å². The van der Waals surface area contributed by atoms with E-state index in [0.717, 1.165) is 5.56 Å². The number of hydrogen-bond donors (Lipinski definition) is 1. The van der Waals surface area contributed by atoms with Crippen molar-refractivity contribution in [3.05, 3.63) is 17.7 Å². The minimum absolute atomic E-state index is 0.0180. The zero-order valence-electron chi connectivity index (χ0n) is 12.6. The maximum Gasteiger partial charge on any atom is 0.236 e. The molecule has 1 rings (SSSR count). The summed E-state index contributed by atoms with van der Waals surface area (Å²) < 4.78 is 15.9. The second-order valence-corrected chi connectivity index (χ2v) is 4.39. The van der Waals surface area contributed by atoms with Gasteiger partial charge in [0.05, 0.1) is 27.9 Å². The third-order valence-electron chi connectivity index (χ3n) is 2.88. The molecule has 6 heteroatoms. The van der Waals surface area contributed by atoms with Crippen LogP contribution in [0.4, 0.5) is 0 Å². The van der Waals surface area contributed by atoms with Crippen molar-refractivity contribution in [2.45, 2.75) is 6.54 Å². The van der Waals surface area contributed by atoms with Crippen molar-refractivity contribution >= 4 is 5.91 Å². The minimum atomic E-state index is 0.0180. The summed E-state index contributed by atoms with van der Waals surface area (Å²) in [6.45, 7) is 0.771. The third kappa shape index (κ3) is 3.77. The van der Waals surface area contributed by atoms with Gasteiger partial charge >= 0.3 is 0 Å². The molecule has 0 aliphatic carbocycles. The molecule has 0 radical (unpaired) electrons. The van der Waals surface area contributed by atoms with Crippen molar-refractivity contribution in [3.8, 4) is 17.2 Å². The van der Waals surface area contributed by atoms with Gasteiger partial charge in [0.15, 0.2) is 11.5 Å². The second-order valence-electron chi connectivity index (χ2n) is 4.39. The lowest BCUT2D eigenvalue weighted by Crippen LogP contribution is -2.32. The highest BCUT2D eigenvalue weighted by atomic mass is 16.5. The SMILES string of the molecule is COc1ccc(CNCC(=O)N(C)C)c(OC)c1OC. The van der Waals surface area contributed by atoms with Crippen LogP contribution in [0.3, 0.4) is 0 Å². The number of carbonyl (C=O) groups excluding carboxylic acids is 1. The minimum Gasteiger partial charge on any atom is -0.493 e. The van der Waals surface area contributed by atoms with Gasteiger partial charge in [-0.1, -0.05) is 6.07 Å². The molecule has 0 aliphatic rings. The van der Waals surface area contributed by atoms with Gasteiger partial charge < -0.3 is 24.4 Å². The van der Waals surface area contributed by atoms with Crippen molar-refractivity contribution < 1.29 is 19.0 Å². The van der Waals surface area contributed by atoms with Crippen LogP contribution in [0.1, 0.15) is 5.56 Å². The Hall–Kier alpha value is -1.95. The van der Waals surface area contributed by atoms with Crippen LogP contribution < -0.4 is 19.5 Å². The first-order chi connectivity index (χ1) is 9.54. The first-order valence-electron chi connectivity index (χ1n) is 6.23. The molecule has 20 heavy (non-hydrogen) atoms. The van der Waals surface area contributed by atoms with E-state index in [1.807, 2.05) is 12.1 Å². The Balaban J connectivity index is 2.82. The van der Waals surface area contributed by atoms with Crippen LogP contribution in [0.2, 0.25) is 0 Å². The predicted octanol–water partition coefficient (Wildman–Crippen LogP) is 0.890. The Bertz CT molecular complexity index is 461. The fourth-order valence-electron chi connectivity index (χ4n) is 1.76. The van der Waals surface area contributed by atoms with E-state index in [2.05, 4.69) is 5.32 Å². The molecule has 0 spiro atoms. The van der Waals surface area contributed by atoms with E-state index in [-0.39, 0.29) is 12.5 Å². The van der Waals surface area contributed by atoms with Crippen molar-refractivity contribution in [1.29, 1.82) is 0 Å². The zero-order valence-corrected chi connectivity index (χ0v) is 12.6. The average Bonchev–Trinajstić information content (AvgIpc) is 2.45. The number of amides is 1. The van der Waals surface area contributed by atoms with Gasteiger partial charge in [0, 0.05) is 26.2 Å². The standard InChI is InChI=1S/C14H22N2O4/c1-16(2)12(17)9-15-8-10-6-7-11(18-3)14(20-5)13(10)19-4/h6-7,15H,8-9H2,1-5H3. The molecule has 0 atom stereocenters. The van der Waals surface area contributed by atoms with Crippen molar-refractivity contribution in [2.75, 3.05) is 42.0 Å². The van der Waals surface area contributed by atoms with Gasteiger partial charge in [-0.2, -0.15) is 0 Å². The van der Waals surface area contributed by atoms with Gasteiger partial charge in [0.2, 0.25) is 11.7 Å². The summed E-state index contributed by atoms with van der Waals surface area (Å²) in [7, 11) is 8.16. The predicted molar refractivity (Wildman–Crippen MR) is 76.5 cm³/mol. The van der Waals surface area contributed by atoms with E-state index in [1.165, 1.54) is 0 Å². The molecule has 1 N–H and O–H groups in total. The van der Waals surface area contributed by atoms with E-state index >= 15 is 0 Å². The van der Waals surface area contributed by atoms with Gasteiger partial charge in [-0.3, -0.25) is 4.79 Å². The first kappa shape index (κ1) is 16.1. The fraction of sp³-hybridized carbons (Fsp3) is 0.500. The lowest BCUT2D eigenvalue weighted by Gasteiger charge is -2.16. The summed E-state index contributed by atoms with van der Waals surface area (Å²) in [6.07, 6.45) is 0. The highest BCUT2D eigenvalue weighted by molar-refractivity contribution is 5.77. The molecule has 0 saturated carbocycles. The lowest BCUT2D eigenvalue weighted by molar-refractivity contribution is -0.127. The molecule has 0 aromatic heterocycles. The van der Waals surface area contributed by atoms with E-state index in [9.17, 15) is 4.79 Å². The lowest BCUT2D eigenvalue weighted by atomic mass is 10.1. The number of likely N-dealkylation sites (N-methyl/N-ethyl adjacent to an activating group) is 1. The smallest absolute Gasteiger partial charge is 0.236 e. The Morgan fingerprint density at radius 3 is 2.25 bits per heavy atom. The summed E-state index contributed by atoms with van der Waals surface area (Å²) >= 11 is 0. The van der Waals surface area contributed by atoms with Gasteiger partial charge in [0.1, 0.15) is 0 Å². The molecule has 1 aromatic carbocycles. The van der Waals surface area contributed by atoms with Crippen molar-refractivity contribution in [2.24, 2.45) is 0 Å². The Labute approximate surface area is 119 Å². The first-order valence-corrected chi connectivity index (χ1v) is 6.23. The van der Waals surface area contributed by atoms with E-state index in [0.29, 0.717) is 23.8 Å². The highest BCUT2D eigenvalue weighted by Gasteiger charge is 2.15. The largest absolute Gasteiger partial charge is 0.493 e. The number of rotatable bonds is 7. The second kappa shape index (κ2) is 7.59. The maximum absolute atomic E-state index is 11.5. The Kier molecular flexibility index (Phi) is 6.11. The normalized spacial score (nSPS) is 10.1. The van der Waals surface area contributed by atoms with Gasteiger partial charge in [-0.25, -0.2) is 0 Å². The van der Waals surface area contributed by atoms with Crippen LogP contribution in [0.5, 0.6) is 17.2 Å². The van der Waals surface area contributed by atoms with E-state index in [4.69, 9.17) is 14.2 Å². The monoisotopic (exact) mass is 282 g/mol. The molecule has 0 saturated heterocycles. The molecule has 0 fully saturated rings. The number of hydrogen-bond acceptors (Lipinski definition) is 5. The molecule has 0 heterocycles. The summed E-state index contributed by atoms with van der Waals surface area (Å²) in [5, 5.41) is 3.08. The molecule has 112 valence electrons. The number of carbonyl (C=O) groups is 1. The van der Waals surface area contributed by atoms with E-state index < -0.39 is 0 Å². The van der Waals surface area contributed by atoms with Gasteiger partial charge in [0.25, 0.3) is 0 Å². The number of ether oxygens (including phenoxy) is 3. The van der Waals surface area contributed by atoms with Gasteiger partial charge in [-0.15, -0.1) is 0 Å². The summed E-state index contributed by atoms with van der Waals surface area (Å²) in [6, 6.07) is 3.69. The quantitative estimate of drug-likeness (QED) is 0.805. The van der Waals surface area contributed by atoms with Gasteiger partial charge in [-0.05, 0) is 6.07 Å².